The zero-order valence-electron chi connectivity index (χ0n) is 13.2. The van der Waals surface area contributed by atoms with E-state index in [0.717, 1.165) is 29.1 Å². The number of nitrogens with zero attached hydrogens (tertiary/aromatic N) is 2. The molecule has 1 N–H and O–H groups in total. The predicted octanol–water partition coefficient (Wildman–Crippen LogP) is 3.86. The summed E-state index contributed by atoms with van der Waals surface area (Å²) in [7, 11) is 0. The molecule has 0 amide bonds. The Kier molecular flexibility index (Phi) is 3.76. The molecule has 3 atom stereocenters. The molecule has 0 radical (unpaired) electrons. The number of carbonyl (C=O) groups is 1. The molecule has 2 aromatic carbocycles. The molecular formula is C20H15FN2O2. The van der Waals surface area contributed by atoms with Gasteiger partial charge in [-0.25, -0.2) is 14.4 Å². The summed E-state index contributed by atoms with van der Waals surface area (Å²) in [6, 6.07) is 17.2. The Morgan fingerprint density at radius 2 is 1.44 bits per heavy atom. The fourth-order valence-electron chi connectivity index (χ4n) is 3.44. The Hall–Kier alpha value is -3.08. The lowest BCUT2D eigenvalue weighted by molar-refractivity contribution is -0.138. The van der Waals surface area contributed by atoms with Crippen molar-refractivity contribution in [1.82, 2.24) is 9.97 Å². The van der Waals surface area contributed by atoms with Crippen LogP contribution in [0.2, 0.25) is 0 Å². The van der Waals surface area contributed by atoms with Gasteiger partial charge in [0.2, 0.25) is 0 Å². The van der Waals surface area contributed by atoms with Crippen molar-refractivity contribution in [2.45, 2.75) is 11.8 Å². The Labute approximate surface area is 144 Å². The van der Waals surface area contributed by atoms with Gasteiger partial charge in [0.1, 0.15) is 0 Å². The second-order valence-corrected chi connectivity index (χ2v) is 6.17. The highest BCUT2D eigenvalue weighted by molar-refractivity contribution is 5.78. The van der Waals surface area contributed by atoms with E-state index in [-0.39, 0.29) is 11.8 Å². The molecule has 0 bridgehead atoms. The quantitative estimate of drug-likeness (QED) is 0.787. The van der Waals surface area contributed by atoms with Gasteiger partial charge in [-0.3, -0.25) is 4.79 Å². The molecule has 3 aromatic rings. The molecule has 1 heterocycles. The molecule has 124 valence electrons. The summed E-state index contributed by atoms with van der Waals surface area (Å²) < 4.78 is 12.9. The van der Waals surface area contributed by atoms with Crippen molar-refractivity contribution < 1.29 is 14.3 Å². The van der Waals surface area contributed by atoms with Crippen LogP contribution in [0.5, 0.6) is 0 Å². The van der Waals surface area contributed by atoms with E-state index in [1.165, 1.54) is 0 Å². The molecule has 1 saturated carbocycles. The molecule has 1 aliphatic rings. The number of benzene rings is 2. The normalized spacial score (nSPS) is 21.7. The number of carboxylic acids is 1. The Morgan fingerprint density at radius 1 is 0.880 bits per heavy atom. The number of halogens is 1. The third kappa shape index (κ3) is 2.89. The molecule has 1 aliphatic carbocycles. The summed E-state index contributed by atoms with van der Waals surface area (Å²) >= 11 is 0. The maximum absolute atomic E-state index is 12.9. The first kappa shape index (κ1) is 15.4. The van der Waals surface area contributed by atoms with Crippen LogP contribution in [0.15, 0.2) is 67.0 Å². The zero-order chi connectivity index (χ0) is 17.4. The fourth-order valence-corrected chi connectivity index (χ4v) is 3.44. The number of rotatable bonds is 4. The molecule has 3 unspecified atom stereocenters. The average molecular weight is 334 g/mol. The van der Waals surface area contributed by atoms with Gasteiger partial charge < -0.3 is 5.11 Å². The number of hydrogen-bond acceptors (Lipinski definition) is 3. The molecule has 0 saturated heterocycles. The summed E-state index contributed by atoms with van der Waals surface area (Å²) in [4.78, 5) is 19.5. The summed E-state index contributed by atoms with van der Waals surface area (Å²) in [5, 5.41) is 9.52. The first-order chi connectivity index (χ1) is 12.1. The number of aliphatic carboxylic acids is 1. The number of carboxylic acid groups (broad SMARTS) is 1. The Balaban J connectivity index is 1.61. The van der Waals surface area contributed by atoms with E-state index in [9.17, 15) is 14.3 Å². The van der Waals surface area contributed by atoms with Crippen LogP contribution in [0.3, 0.4) is 0 Å². The van der Waals surface area contributed by atoms with E-state index in [1.54, 1.807) is 0 Å². The lowest BCUT2D eigenvalue weighted by Gasteiger charge is -2.03. The van der Waals surface area contributed by atoms with Crippen molar-refractivity contribution in [2.75, 3.05) is 0 Å². The highest BCUT2D eigenvalue weighted by atomic mass is 19.1. The van der Waals surface area contributed by atoms with Crippen molar-refractivity contribution in [1.29, 1.82) is 0 Å². The van der Waals surface area contributed by atoms with Crippen molar-refractivity contribution in [2.24, 2.45) is 5.92 Å². The standard InChI is InChI=1S/C20H15FN2O2/c21-15-10-22-19(23-11-15)14-8-6-13(7-9-14)17-16(18(17)20(24)25)12-4-2-1-3-5-12/h1-11,16-18H,(H,24,25). The van der Waals surface area contributed by atoms with Crippen LogP contribution in [0.4, 0.5) is 4.39 Å². The van der Waals surface area contributed by atoms with Crippen molar-refractivity contribution in [3.8, 4) is 11.4 Å². The monoisotopic (exact) mass is 334 g/mol. The molecule has 5 heteroatoms. The zero-order valence-corrected chi connectivity index (χ0v) is 13.2. The Morgan fingerprint density at radius 3 is 2.00 bits per heavy atom. The van der Waals surface area contributed by atoms with Gasteiger partial charge in [-0.2, -0.15) is 0 Å². The number of aromatic nitrogens is 2. The fraction of sp³-hybridized carbons (Fsp3) is 0.150. The van der Waals surface area contributed by atoms with Crippen LogP contribution >= 0.6 is 0 Å². The molecule has 0 aliphatic heterocycles. The van der Waals surface area contributed by atoms with Gasteiger partial charge in [0.15, 0.2) is 11.6 Å². The van der Waals surface area contributed by atoms with Gasteiger partial charge in [-0.1, -0.05) is 54.6 Å². The maximum atomic E-state index is 12.9. The van der Waals surface area contributed by atoms with Crippen molar-refractivity contribution in [3.05, 3.63) is 83.9 Å². The minimum atomic E-state index is -0.773. The van der Waals surface area contributed by atoms with Crippen LogP contribution < -0.4 is 0 Å². The largest absolute Gasteiger partial charge is 0.481 e. The highest BCUT2D eigenvalue weighted by Gasteiger charge is 2.56. The summed E-state index contributed by atoms with van der Waals surface area (Å²) in [5.74, 6) is -1.26. The molecule has 25 heavy (non-hydrogen) atoms. The molecule has 0 spiro atoms. The van der Waals surface area contributed by atoms with E-state index in [0.29, 0.717) is 5.82 Å². The van der Waals surface area contributed by atoms with E-state index >= 15 is 0 Å². The third-order valence-corrected chi connectivity index (χ3v) is 4.66. The topological polar surface area (TPSA) is 63.1 Å². The van der Waals surface area contributed by atoms with E-state index in [4.69, 9.17) is 0 Å². The maximum Gasteiger partial charge on any atom is 0.307 e. The van der Waals surface area contributed by atoms with Crippen LogP contribution in [0.1, 0.15) is 23.0 Å². The van der Waals surface area contributed by atoms with Gasteiger partial charge in [0.05, 0.1) is 18.3 Å². The first-order valence-electron chi connectivity index (χ1n) is 8.01. The third-order valence-electron chi connectivity index (χ3n) is 4.66. The molecule has 1 fully saturated rings. The van der Waals surface area contributed by atoms with E-state index in [2.05, 4.69) is 9.97 Å². The van der Waals surface area contributed by atoms with Gasteiger partial charge >= 0.3 is 5.97 Å². The lowest BCUT2D eigenvalue weighted by Crippen LogP contribution is -2.00. The minimum absolute atomic E-state index is 0.00776. The van der Waals surface area contributed by atoms with Gasteiger partial charge in [0.25, 0.3) is 0 Å². The average Bonchev–Trinajstić information content (AvgIpc) is 3.39. The highest BCUT2D eigenvalue weighted by Crippen LogP contribution is 2.60. The predicted molar refractivity (Wildman–Crippen MR) is 90.5 cm³/mol. The second kappa shape index (κ2) is 6.09. The van der Waals surface area contributed by atoms with E-state index in [1.807, 2.05) is 54.6 Å². The van der Waals surface area contributed by atoms with Crippen molar-refractivity contribution >= 4 is 5.97 Å². The minimum Gasteiger partial charge on any atom is -0.481 e. The van der Waals surface area contributed by atoms with E-state index < -0.39 is 17.7 Å². The molecule has 1 aromatic heterocycles. The number of hydrogen-bond donors (Lipinski definition) is 1. The lowest BCUT2D eigenvalue weighted by atomic mass is 10.0. The summed E-state index contributed by atoms with van der Waals surface area (Å²) in [6.07, 6.45) is 2.26. The second-order valence-electron chi connectivity index (χ2n) is 6.17. The van der Waals surface area contributed by atoms with Gasteiger partial charge in [0, 0.05) is 17.4 Å². The summed E-state index contributed by atoms with van der Waals surface area (Å²) in [5.41, 5.74) is 2.80. The van der Waals surface area contributed by atoms with Crippen LogP contribution in [0.25, 0.3) is 11.4 Å². The van der Waals surface area contributed by atoms with Crippen LogP contribution in [0, 0.1) is 11.7 Å². The molecule has 4 nitrogen and oxygen atoms in total. The summed E-state index contributed by atoms with van der Waals surface area (Å²) in [6.45, 7) is 0. The first-order valence-corrected chi connectivity index (χ1v) is 8.01. The van der Waals surface area contributed by atoms with Crippen LogP contribution in [-0.4, -0.2) is 21.0 Å². The SMILES string of the molecule is O=C(O)C1C(c2ccccc2)C1c1ccc(-c2ncc(F)cn2)cc1. The van der Waals surface area contributed by atoms with Crippen molar-refractivity contribution in [3.63, 3.8) is 0 Å². The van der Waals surface area contributed by atoms with Gasteiger partial charge in [-0.05, 0) is 11.1 Å². The molecular weight excluding hydrogens is 319 g/mol. The molecule has 4 rings (SSSR count). The Bertz CT molecular complexity index is 895. The van der Waals surface area contributed by atoms with Crippen LogP contribution in [-0.2, 0) is 4.79 Å². The smallest absolute Gasteiger partial charge is 0.307 e. The van der Waals surface area contributed by atoms with Gasteiger partial charge in [-0.15, -0.1) is 0 Å².